The zero-order valence-electron chi connectivity index (χ0n) is 18.0. The summed E-state index contributed by atoms with van der Waals surface area (Å²) in [5, 5.41) is 1.22. The Kier molecular flexibility index (Phi) is 6.85. The van der Waals surface area contributed by atoms with Gasteiger partial charge >= 0.3 is 0 Å². The van der Waals surface area contributed by atoms with E-state index in [9.17, 15) is 4.79 Å². The van der Waals surface area contributed by atoms with Gasteiger partial charge in [-0.15, -0.1) is 0 Å². The zero-order valence-corrected chi connectivity index (χ0v) is 19.5. The van der Waals surface area contributed by atoms with Crippen LogP contribution in [0.15, 0.2) is 42.5 Å². The van der Waals surface area contributed by atoms with Crippen LogP contribution >= 0.6 is 23.2 Å². The van der Waals surface area contributed by atoms with Gasteiger partial charge in [-0.3, -0.25) is 4.79 Å². The number of carbonyl (C=O) groups excluding carboxylic acids is 1. The molecule has 5 nitrogen and oxygen atoms in total. The Hall–Kier alpha value is -2.08. The molecule has 0 unspecified atom stereocenters. The Morgan fingerprint density at radius 1 is 1.00 bits per heavy atom. The third-order valence-corrected chi connectivity index (χ3v) is 6.89. The second-order valence-electron chi connectivity index (χ2n) is 7.95. The average molecular weight is 459 g/mol. The van der Waals surface area contributed by atoms with E-state index in [2.05, 4.69) is 23.3 Å². The zero-order chi connectivity index (χ0) is 22.0. The van der Waals surface area contributed by atoms with Crippen LogP contribution in [-0.4, -0.2) is 58.0 Å². The molecule has 2 heterocycles. The molecule has 3 aromatic rings. The van der Waals surface area contributed by atoms with Gasteiger partial charge in [-0.25, -0.2) is 4.98 Å². The number of benzene rings is 2. The SMILES string of the molecule is CC[C@H](C(=O)N1CCN(CC)CC1)n1c(Cc2c(Cl)cccc2Cl)nc2ccccc21. The minimum Gasteiger partial charge on any atom is -0.338 e. The number of amides is 1. The van der Waals surface area contributed by atoms with Gasteiger partial charge in [0.05, 0.1) is 11.0 Å². The first-order valence-electron chi connectivity index (χ1n) is 10.9. The molecule has 0 N–H and O–H groups in total. The van der Waals surface area contributed by atoms with Crippen molar-refractivity contribution < 1.29 is 4.79 Å². The number of carbonyl (C=O) groups is 1. The molecule has 1 saturated heterocycles. The molecule has 1 atom stereocenters. The molecule has 7 heteroatoms. The number of fused-ring (bicyclic) bond motifs is 1. The van der Waals surface area contributed by atoms with Crippen molar-refractivity contribution in [1.29, 1.82) is 0 Å². The first-order chi connectivity index (χ1) is 15.0. The first-order valence-corrected chi connectivity index (χ1v) is 11.7. The van der Waals surface area contributed by atoms with Crippen molar-refractivity contribution in [2.24, 2.45) is 0 Å². The molecule has 164 valence electrons. The smallest absolute Gasteiger partial charge is 0.245 e. The van der Waals surface area contributed by atoms with E-state index in [1.807, 2.05) is 47.4 Å². The standard InChI is InChI=1S/C24H28Cl2N4O/c1-3-21(24(31)29-14-12-28(4-2)13-15-29)30-22-11-6-5-10-20(22)27-23(30)16-17-18(25)8-7-9-19(17)26/h5-11,21H,3-4,12-16H2,1-2H3/t21-/m1/s1. The van der Waals surface area contributed by atoms with Gasteiger partial charge in [-0.2, -0.15) is 0 Å². The van der Waals surface area contributed by atoms with E-state index in [0.717, 1.165) is 55.1 Å². The highest BCUT2D eigenvalue weighted by Crippen LogP contribution is 2.31. The van der Waals surface area contributed by atoms with Gasteiger partial charge in [0.1, 0.15) is 11.9 Å². The van der Waals surface area contributed by atoms with Crippen LogP contribution in [0.2, 0.25) is 10.0 Å². The summed E-state index contributed by atoms with van der Waals surface area (Å²) in [5.74, 6) is 0.969. The van der Waals surface area contributed by atoms with E-state index in [0.29, 0.717) is 22.9 Å². The molecule has 0 spiro atoms. The van der Waals surface area contributed by atoms with Crippen molar-refractivity contribution in [1.82, 2.24) is 19.4 Å². The highest BCUT2D eigenvalue weighted by Gasteiger charge is 2.30. The van der Waals surface area contributed by atoms with Gasteiger partial charge in [0, 0.05) is 42.6 Å². The number of piperazine rings is 1. The van der Waals surface area contributed by atoms with Gasteiger partial charge in [-0.05, 0) is 42.8 Å². The predicted molar refractivity (Wildman–Crippen MR) is 127 cm³/mol. The molecule has 0 aliphatic carbocycles. The van der Waals surface area contributed by atoms with Gasteiger partial charge in [0.2, 0.25) is 5.91 Å². The van der Waals surface area contributed by atoms with Crippen LogP contribution in [-0.2, 0) is 11.2 Å². The van der Waals surface area contributed by atoms with Crippen LogP contribution in [0.25, 0.3) is 11.0 Å². The lowest BCUT2D eigenvalue weighted by molar-refractivity contribution is -0.136. The third kappa shape index (κ3) is 4.45. The van der Waals surface area contributed by atoms with Crippen molar-refractivity contribution >= 4 is 40.1 Å². The molecule has 2 aromatic carbocycles. The summed E-state index contributed by atoms with van der Waals surface area (Å²) in [5.41, 5.74) is 2.68. The molecule has 1 aliphatic heterocycles. The van der Waals surface area contributed by atoms with Crippen LogP contribution in [0.5, 0.6) is 0 Å². The molecule has 0 bridgehead atoms. The van der Waals surface area contributed by atoms with Crippen molar-refractivity contribution in [2.45, 2.75) is 32.7 Å². The summed E-state index contributed by atoms with van der Waals surface area (Å²) >= 11 is 12.9. The third-order valence-electron chi connectivity index (χ3n) is 6.18. The lowest BCUT2D eigenvalue weighted by Crippen LogP contribution is -2.50. The topological polar surface area (TPSA) is 41.4 Å². The summed E-state index contributed by atoms with van der Waals surface area (Å²) in [4.78, 5) is 22.9. The van der Waals surface area contributed by atoms with Crippen LogP contribution in [0.3, 0.4) is 0 Å². The van der Waals surface area contributed by atoms with Crippen molar-refractivity contribution in [3.8, 4) is 0 Å². The van der Waals surface area contributed by atoms with Crippen LogP contribution < -0.4 is 0 Å². The molecule has 1 fully saturated rings. The summed E-state index contributed by atoms with van der Waals surface area (Å²) < 4.78 is 2.10. The maximum Gasteiger partial charge on any atom is 0.245 e. The minimum absolute atomic E-state index is 0.160. The highest BCUT2D eigenvalue weighted by atomic mass is 35.5. The normalized spacial score (nSPS) is 16.1. The fraction of sp³-hybridized carbons (Fsp3) is 0.417. The van der Waals surface area contributed by atoms with E-state index < -0.39 is 0 Å². The Bertz CT molecular complexity index is 1050. The molecule has 0 saturated carbocycles. The summed E-state index contributed by atoms with van der Waals surface area (Å²) in [6.07, 6.45) is 1.16. The van der Waals surface area contributed by atoms with Gasteiger partial charge in [0.15, 0.2) is 0 Å². The number of para-hydroxylation sites is 2. The molecule has 31 heavy (non-hydrogen) atoms. The van der Waals surface area contributed by atoms with Crippen LogP contribution in [0.1, 0.15) is 37.7 Å². The lowest BCUT2D eigenvalue weighted by atomic mass is 10.1. The molecule has 4 rings (SSSR count). The first kappa shape index (κ1) is 22.1. The summed E-state index contributed by atoms with van der Waals surface area (Å²) in [7, 11) is 0. The monoisotopic (exact) mass is 458 g/mol. The van der Waals surface area contributed by atoms with E-state index in [1.165, 1.54) is 0 Å². The Morgan fingerprint density at radius 3 is 2.32 bits per heavy atom. The summed E-state index contributed by atoms with van der Waals surface area (Å²) in [6, 6.07) is 13.2. The minimum atomic E-state index is -0.308. The number of hydrogen-bond acceptors (Lipinski definition) is 3. The second kappa shape index (κ2) is 9.60. The van der Waals surface area contributed by atoms with Crippen molar-refractivity contribution in [3.05, 3.63) is 63.9 Å². The number of rotatable bonds is 6. The second-order valence-corrected chi connectivity index (χ2v) is 8.76. The molecule has 1 aromatic heterocycles. The van der Waals surface area contributed by atoms with E-state index in [-0.39, 0.29) is 11.9 Å². The quantitative estimate of drug-likeness (QED) is 0.518. The van der Waals surface area contributed by atoms with Crippen molar-refractivity contribution in [2.75, 3.05) is 32.7 Å². The Morgan fingerprint density at radius 2 is 1.68 bits per heavy atom. The van der Waals surface area contributed by atoms with Gasteiger partial charge in [0.25, 0.3) is 0 Å². The average Bonchev–Trinajstić information content (AvgIpc) is 3.15. The maximum absolute atomic E-state index is 13.6. The molecule has 1 aliphatic rings. The van der Waals surface area contributed by atoms with E-state index >= 15 is 0 Å². The lowest BCUT2D eigenvalue weighted by Gasteiger charge is -2.36. The number of hydrogen-bond donors (Lipinski definition) is 0. The van der Waals surface area contributed by atoms with E-state index in [4.69, 9.17) is 28.2 Å². The fourth-order valence-corrected chi connectivity index (χ4v) is 4.92. The number of likely N-dealkylation sites (N-methyl/N-ethyl adjacent to an activating group) is 1. The van der Waals surface area contributed by atoms with Gasteiger partial charge in [-0.1, -0.05) is 55.2 Å². The van der Waals surface area contributed by atoms with Crippen molar-refractivity contribution in [3.63, 3.8) is 0 Å². The van der Waals surface area contributed by atoms with Gasteiger partial charge < -0.3 is 14.4 Å². The number of aromatic nitrogens is 2. The number of nitrogens with zero attached hydrogens (tertiary/aromatic N) is 4. The van der Waals surface area contributed by atoms with Crippen LogP contribution in [0.4, 0.5) is 0 Å². The number of imidazole rings is 1. The predicted octanol–water partition coefficient (Wildman–Crippen LogP) is 5.05. The molecular weight excluding hydrogens is 431 g/mol. The summed E-state index contributed by atoms with van der Waals surface area (Å²) in [6.45, 7) is 8.62. The van der Waals surface area contributed by atoms with E-state index in [1.54, 1.807) is 0 Å². The largest absolute Gasteiger partial charge is 0.338 e. The molecular formula is C24H28Cl2N4O. The molecule has 1 amide bonds. The maximum atomic E-state index is 13.6. The Balaban J connectivity index is 1.73. The Labute approximate surface area is 193 Å². The highest BCUT2D eigenvalue weighted by molar-refractivity contribution is 6.36. The fourth-order valence-electron chi connectivity index (χ4n) is 4.39. The molecule has 0 radical (unpaired) electrons. The van der Waals surface area contributed by atoms with Crippen LogP contribution in [0, 0.1) is 0 Å². The number of halogens is 2.